The van der Waals surface area contributed by atoms with Crippen molar-refractivity contribution in [2.24, 2.45) is 0 Å². The summed E-state index contributed by atoms with van der Waals surface area (Å²) in [6.07, 6.45) is 0.387. The van der Waals surface area contributed by atoms with Crippen LogP contribution in [0.25, 0.3) is 0 Å². The van der Waals surface area contributed by atoms with E-state index in [4.69, 9.17) is 16.3 Å². The van der Waals surface area contributed by atoms with Gasteiger partial charge in [0.25, 0.3) is 0 Å². The van der Waals surface area contributed by atoms with Crippen molar-refractivity contribution in [2.75, 3.05) is 0 Å². The molecule has 0 saturated heterocycles. The highest BCUT2D eigenvalue weighted by Gasteiger charge is 2.28. The molecule has 0 radical (unpaired) electrons. The molecule has 0 saturated carbocycles. The van der Waals surface area contributed by atoms with E-state index in [0.29, 0.717) is 0 Å². The van der Waals surface area contributed by atoms with E-state index in [9.17, 15) is 4.79 Å². The molecule has 0 bridgehead atoms. The summed E-state index contributed by atoms with van der Waals surface area (Å²) in [5.41, 5.74) is 2.14. The first kappa shape index (κ1) is 19.7. The van der Waals surface area contributed by atoms with Crippen LogP contribution in [0.2, 0.25) is 0 Å². The number of nitrogens with zero attached hydrogens (tertiary/aromatic N) is 1. The summed E-state index contributed by atoms with van der Waals surface area (Å²) in [4.78, 5) is 13.7. The molecule has 0 spiro atoms. The number of hydrogen-bond acceptors (Lipinski definition) is 3. The van der Waals surface area contributed by atoms with Crippen molar-refractivity contribution in [1.82, 2.24) is 4.31 Å². The van der Waals surface area contributed by atoms with Crippen LogP contribution in [0.4, 0.5) is 4.79 Å². The number of carbonyl (C=O) groups excluding carboxylic acids is 1. The average Bonchev–Trinajstić information content (AvgIpc) is 2.61. The molecule has 2 rings (SSSR count). The number of carbonyl (C=O) groups is 1. The third kappa shape index (κ3) is 5.98. The van der Waals surface area contributed by atoms with Crippen LogP contribution in [-0.4, -0.2) is 21.8 Å². The van der Waals surface area contributed by atoms with Crippen molar-refractivity contribution in [2.45, 2.75) is 50.1 Å². The predicted octanol–water partition coefficient (Wildman–Crippen LogP) is 6.05. The number of alkyl halides is 1. The number of hydrogen-bond donors (Lipinski definition) is 0. The summed E-state index contributed by atoms with van der Waals surface area (Å²) < 4.78 is 7.18. The Morgan fingerprint density at radius 2 is 1.80 bits per heavy atom. The molecule has 0 N–H and O–H groups in total. The summed E-state index contributed by atoms with van der Waals surface area (Å²) in [7, 11) is 0. The summed E-state index contributed by atoms with van der Waals surface area (Å²) >= 11 is 7.70. The molecule has 0 aliphatic carbocycles. The number of benzene rings is 2. The maximum absolute atomic E-state index is 12.7. The van der Waals surface area contributed by atoms with E-state index in [-0.39, 0.29) is 24.1 Å². The van der Waals surface area contributed by atoms with Crippen LogP contribution < -0.4 is 0 Å². The normalized spacial score (nSPS) is 13.1. The summed E-state index contributed by atoms with van der Waals surface area (Å²) in [6, 6.07) is 17.6. The number of rotatable bonds is 7. The Morgan fingerprint density at radius 1 is 1.16 bits per heavy atom. The molecule has 134 valence electrons. The second-order valence-corrected chi connectivity index (χ2v) is 7.66. The highest BCUT2D eigenvalue weighted by molar-refractivity contribution is 7.97. The van der Waals surface area contributed by atoms with Gasteiger partial charge in [0.15, 0.2) is 0 Å². The molecule has 0 aromatic heterocycles. The van der Waals surface area contributed by atoms with Gasteiger partial charge in [-0.25, -0.2) is 9.10 Å². The molecule has 0 aliphatic rings. The average molecular weight is 378 g/mol. The molecule has 0 heterocycles. The maximum Gasteiger partial charge on any atom is 0.420 e. The van der Waals surface area contributed by atoms with Gasteiger partial charge in [0.1, 0.15) is 6.61 Å². The zero-order valence-electron chi connectivity index (χ0n) is 14.8. The van der Waals surface area contributed by atoms with E-state index < -0.39 is 0 Å². The zero-order chi connectivity index (χ0) is 18.2. The molecule has 2 aromatic carbocycles. The minimum atomic E-state index is -0.367. The minimum Gasteiger partial charge on any atom is -0.444 e. The Hall–Kier alpha value is -1.65. The lowest BCUT2D eigenvalue weighted by Crippen LogP contribution is -2.39. The number of aryl methyl sites for hydroxylation is 1. The first-order valence-electron chi connectivity index (χ1n) is 8.40. The van der Waals surface area contributed by atoms with Crippen molar-refractivity contribution in [3.05, 3.63) is 65.7 Å². The lowest BCUT2D eigenvalue weighted by atomic mass is 10.2. The molecule has 0 fully saturated rings. The van der Waals surface area contributed by atoms with Gasteiger partial charge in [-0.15, -0.1) is 11.6 Å². The Labute approximate surface area is 159 Å². The van der Waals surface area contributed by atoms with E-state index in [1.54, 1.807) is 4.31 Å². The molecule has 3 nitrogen and oxygen atoms in total. The van der Waals surface area contributed by atoms with E-state index in [2.05, 4.69) is 0 Å². The van der Waals surface area contributed by atoms with E-state index in [1.807, 2.05) is 75.4 Å². The standard InChI is InChI=1S/C20H24ClNO2S/c1-4-19(16(3)21)22(25-18-12-10-15(2)11-13-18)20(23)24-14-17-8-6-5-7-9-17/h5-13,16,19H,4,14H2,1-3H3/t16-,19-/m0/s1. The molecule has 5 heteroatoms. The van der Waals surface area contributed by atoms with Gasteiger partial charge in [0, 0.05) is 4.90 Å². The molecule has 25 heavy (non-hydrogen) atoms. The van der Waals surface area contributed by atoms with Gasteiger partial charge in [-0.1, -0.05) is 55.0 Å². The molecule has 2 aromatic rings. The van der Waals surface area contributed by atoms with Crippen LogP contribution >= 0.6 is 23.5 Å². The fourth-order valence-electron chi connectivity index (χ4n) is 2.41. The second-order valence-electron chi connectivity index (χ2n) is 5.92. The van der Waals surface area contributed by atoms with Gasteiger partial charge in [-0.2, -0.15) is 0 Å². The van der Waals surface area contributed by atoms with Crippen LogP contribution in [-0.2, 0) is 11.3 Å². The smallest absolute Gasteiger partial charge is 0.420 e. The van der Waals surface area contributed by atoms with Gasteiger partial charge < -0.3 is 4.74 Å². The largest absolute Gasteiger partial charge is 0.444 e. The topological polar surface area (TPSA) is 29.5 Å². The van der Waals surface area contributed by atoms with Gasteiger partial charge >= 0.3 is 6.09 Å². The lowest BCUT2D eigenvalue weighted by Gasteiger charge is -2.30. The first-order chi connectivity index (χ1) is 12.0. The van der Waals surface area contributed by atoms with Crippen LogP contribution in [0.5, 0.6) is 0 Å². The quantitative estimate of drug-likeness (QED) is 0.434. The lowest BCUT2D eigenvalue weighted by molar-refractivity contribution is 0.112. The third-order valence-corrected chi connectivity index (χ3v) is 5.25. The first-order valence-corrected chi connectivity index (χ1v) is 9.61. The Kier molecular flexibility index (Phi) is 7.66. The highest BCUT2D eigenvalue weighted by Crippen LogP contribution is 2.30. The SMILES string of the molecule is CC[C@@H]([C@H](C)Cl)N(Sc1ccc(C)cc1)C(=O)OCc1ccccc1. The number of halogens is 1. The summed E-state index contributed by atoms with van der Waals surface area (Å²) in [5, 5.41) is -0.174. The number of ether oxygens (including phenoxy) is 1. The van der Waals surface area contributed by atoms with Crippen molar-refractivity contribution < 1.29 is 9.53 Å². The monoisotopic (exact) mass is 377 g/mol. The fourth-order valence-corrected chi connectivity index (χ4v) is 3.85. The second kappa shape index (κ2) is 9.73. The third-order valence-electron chi connectivity index (χ3n) is 3.86. The van der Waals surface area contributed by atoms with Crippen LogP contribution in [0.15, 0.2) is 59.5 Å². The van der Waals surface area contributed by atoms with Crippen molar-refractivity contribution in [3.8, 4) is 0 Å². The fraction of sp³-hybridized carbons (Fsp3) is 0.350. The van der Waals surface area contributed by atoms with Gasteiger partial charge in [0.2, 0.25) is 0 Å². The Morgan fingerprint density at radius 3 is 2.36 bits per heavy atom. The van der Waals surface area contributed by atoms with Crippen molar-refractivity contribution >= 4 is 29.6 Å². The van der Waals surface area contributed by atoms with Crippen LogP contribution in [0, 0.1) is 6.92 Å². The number of amides is 1. The Bertz CT molecular complexity index is 661. The van der Waals surface area contributed by atoms with Gasteiger partial charge in [-0.05, 0) is 49.9 Å². The molecule has 2 atom stereocenters. The van der Waals surface area contributed by atoms with Crippen molar-refractivity contribution in [1.29, 1.82) is 0 Å². The van der Waals surface area contributed by atoms with E-state index in [0.717, 1.165) is 16.9 Å². The molecular formula is C20H24ClNO2S. The van der Waals surface area contributed by atoms with Crippen LogP contribution in [0.3, 0.4) is 0 Å². The predicted molar refractivity (Wildman–Crippen MR) is 105 cm³/mol. The van der Waals surface area contributed by atoms with Gasteiger partial charge in [0.05, 0.1) is 11.4 Å². The zero-order valence-corrected chi connectivity index (χ0v) is 16.4. The van der Waals surface area contributed by atoms with Gasteiger partial charge in [-0.3, -0.25) is 0 Å². The van der Waals surface area contributed by atoms with E-state index in [1.165, 1.54) is 17.5 Å². The molecule has 0 aliphatic heterocycles. The summed E-state index contributed by atoms with van der Waals surface area (Å²) in [5.74, 6) is 0. The highest BCUT2D eigenvalue weighted by atomic mass is 35.5. The minimum absolute atomic E-state index is 0.115. The molecular weight excluding hydrogens is 354 g/mol. The Balaban J connectivity index is 2.12. The maximum atomic E-state index is 12.7. The summed E-state index contributed by atoms with van der Waals surface area (Å²) in [6.45, 7) is 6.22. The van der Waals surface area contributed by atoms with E-state index >= 15 is 0 Å². The molecule has 0 unspecified atom stereocenters. The molecule has 1 amide bonds. The van der Waals surface area contributed by atoms with Crippen LogP contribution in [0.1, 0.15) is 31.4 Å². The van der Waals surface area contributed by atoms with Crippen molar-refractivity contribution in [3.63, 3.8) is 0 Å².